The summed E-state index contributed by atoms with van der Waals surface area (Å²) in [6.07, 6.45) is 2.18. The van der Waals surface area contributed by atoms with Gasteiger partial charge in [0.1, 0.15) is 17.1 Å². The Morgan fingerprint density at radius 2 is 2.05 bits per heavy atom. The molecule has 1 atom stereocenters. The van der Waals surface area contributed by atoms with Crippen LogP contribution in [0.5, 0.6) is 11.5 Å². The van der Waals surface area contributed by atoms with Crippen LogP contribution in [0.2, 0.25) is 0 Å². The fourth-order valence-corrected chi connectivity index (χ4v) is 3.50. The Labute approximate surface area is 126 Å². The molecule has 0 aliphatic carbocycles. The van der Waals surface area contributed by atoms with Crippen molar-refractivity contribution in [1.82, 2.24) is 4.90 Å². The van der Waals surface area contributed by atoms with Crippen molar-refractivity contribution in [3.8, 4) is 11.5 Å². The molecular weight excluding hydrogens is 266 g/mol. The molecule has 3 rings (SSSR count). The number of hydrogen-bond acceptors (Lipinski definition) is 4. The number of fused-ring (bicyclic) bond motifs is 1. The number of likely N-dealkylation sites (tertiary alicyclic amines) is 1. The summed E-state index contributed by atoms with van der Waals surface area (Å²) >= 11 is 0. The monoisotopic (exact) mass is 291 g/mol. The van der Waals surface area contributed by atoms with Gasteiger partial charge in [0.05, 0.1) is 13.2 Å². The first kappa shape index (κ1) is 14.7. The van der Waals surface area contributed by atoms with Crippen LogP contribution in [-0.4, -0.2) is 41.8 Å². The molecule has 0 saturated carbocycles. The molecule has 1 aromatic rings. The Morgan fingerprint density at radius 3 is 2.67 bits per heavy atom. The van der Waals surface area contributed by atoms with Gasteiger partial charge in [-0.1, -0.05) is 0 Å². The second-order valence-electron chi connectivity index (χ2n) is 6.54. The van der Waals surface area contributed by atoms with Crippen LogP contribution in [0.3, 0.4) is 0 Å². The summed E-state index contributed by atoms with van der Waals surface area (Å²) in [5.74, 6) is 1.58. The standard InChI is InChI=1S/C17H25NO3/c1-12(2)18-8-6-17(7-9-18)11-15(19)14-10-13(20-3)4-5-16(14)21-17/h4-5,10,12,15,19H,6-9,11H2,1-3H3. The third kappa shape index (κ3) is 2.74. The molecule has 1 N–H and O–H groups in total. The SMILES string of the molecule is COc1ccc2c(c1)C(O)CC1(CCN(C(C)C)CC1)O2. The highest BCUT2D eigenvalue weighted by atomic mass is 16.5. The van der Waals surface area contributed by atoms with Gasteiger partial charge in [-0.25, -0.2) is 0 Å². The van der Waals surface area contributed by atoms with Crippen LogP contribution in [0.1, 0.15) is 44.8 Å². The highest BCUT2D eigenvalue weighted by molar-refractivity contribution is 5.43. The second-order valence-corrected chi connectivity index (χ2v) is 6.54. The Balaban J connectivity index is 1.79. The van der Waals surface area contributed by atoms with Crippen molar-refractivity contribution in [2.75, 3.05) is 20.2 Å². The van der Waals surface area contributed by atoms with E-state index in [1.165, 1.54) is 0 Å². The fraction of sp³-hybridized carbons (Fsp3) is 0.647. The minimum absolute atomic E-state index is 0.202. The molecule has 1 fully saturated rings. The van der Waals surface area contributed by atoms with E-state index in [1.54, 1.807) is 7.11 Å². The van der Waals surface area contributed by atoms with Crippen LogP contribution < -0.4 is 9.47 Å². The van der Waals surface area contributed by atoms with Crippen molar-refractivity contribution < 1.29 is 14.6 Å². The highest BCUT2D eigenvalue weighted by Crippen LogP contribution is 2.45. The van der Waals surface area contributed by atoms with Gasteiger partial charge < -0.3 is 19.5 Å². The fourth-order valence-electron chi connectivity index (χ4n) is 3.50. The average Bonchev–Trinajstić information content (AvgIpc) is 2.47. The van der Waals surface area contributed by atoms with E-state index in [-0.39, 0.29) is 5.60 Å². The Bertz CT molecular complexity index is 507. The zero-order valence-electron chi connectivity index (χ0n) is 13.1. The number of benzene rings is 1. The van der Waals surface area contributed by atoms with E-state index in [0.29, 0.717) is 12.5 Å². The second kappa shape index (κ2) is 5.50. The topological polar surface area (TPSA) is 41.9 Å². The maximum atomic E-state index is 10.5. The lowest BCUT2D eigenvalue weighted by Gasteiger charge is -2.46. The smallest absolute Gasteiger partial charge is 0.126 e. The molecule has 4 heteroatoms. The first-order valence-corrected chi connectivity index (χ1v) is 7.82. The molecule has 0 aromatic heterocycles. The van der Waals surface area contributed by atoms with Gasteiger partial charge in [-0.2, -0.15) is 0 Å². The summed E-state index contributed by atoms with van der Waals surface area (Å²) < 4.78 is 11.5. The molecule has 1 aromatic carbocycles. The van der Waals surface area contributed by atoms with Crippen molar-refractivity contribution in [3.05, 3.63) is 23.8 Å². The summed E-state index contributed by atoms with van der Waals surface area (Å²) in [6, 6.07) is 6.28. The molecule has 4 nitrogen and oxygen atoms in total. The summed E-state index contributed by atoms with van der Waals surface area (Å²) in [5.41, 5.74) is 0.651. The molecule has 2 heterocycles. The van der Waals surface area contributed by atoms with E-state index in [4.69, 9.17) is 9.47 Å². The van der Waals surface area contributed by atoms with E-state index in [9.17, 15) is 5.11 Å². The van der Waals surface area contributed by atoms with Gasteiger partial charge in [0.25, 0.3) is 0 Å². The summed E-state index contributed by atoms with van der Waals surface area (Å²) in [5, 5.41) is 10.5. The third-order valence-corrected chi connectivity index (χ3v) is 4.91. The summed E-state index contributed by atoms with van der Waals surface area (Å²) in [6.45, 7) is 6.54. The van der Waals surface area contributed by atoms with Crippen molar-refractivity contribution in [2.24, 2.45) is 0 Å². The minimum atomic E-state index is -0.463. The van der Waals surface area contributed by atoms with Gasteiger partial charge in [0, 0.05) is 31.1 Å². The van der Waals surface area contributed by atoms with Crippen molar-refractivity contribution in [2.45, 2.75) is 50.9 Å². The third-order valence-electron chi connectivity index (χ3n) is 4.91. The molecule has 1 unspecified atom stereocenters. The number of aliphatic hydroxyl groups is 1. The highest BCUT2D eigenvalue weighted by Gasteiger charge is 2.43. The van der Waals surface area contributed by atoms with E-state index in [1.807, 2.05) is 18.2 Å². The summed E-state index contributed by atoms with van der Waals surface area (Å²) in [4.78, 5) is 2.48. The number of ether oxygens (including phenoxy) is 2. The maximum absolute atomic E-state index is 10.5. The minimum Gasteiger partial charge on any atom is -0.497 e. The Kier molecular flexibility index (Phi) is 3.84. The number of rotatable bonds is 2. The molecular formula is C17H25NO3. The first-order valence-electron chi connectivity index (χ1n) is 7.82. The van der Waals surface area contributed by atoms with Gasteiger partial charge in [0.2, 0.25) is 0 Å². The number of aliphatic hydroxyl groups excluding tert-OH is 1. The van der Waals surface area contributed by atoms with Gasteiger partial charge in [-0.3, -0.25) is 0 Å². The first-order chi connectivity index (χ1) is 10.0. The normalized spacial score (nSPS) is 24.7. The summed E-state index contributed by atoms with van der Waals surface area (Å²) in [7, 11) is 1.64. The number of piperidine rings is 1. The van der Waals surface area contributed by atoms with E-state index < -0.39 is 6.10 Å². The van der Waals surface area contributed by atoms with Crippen LogP contribution >= 0.6 is 0 Å². The molecule has 116 valence electrons. The quantitative estimate of drug-likeness (QED) is 0.910. The van der Waals surface area contributed by atoms with E-state index in [0.717, 1.165) is 43.0 Å². The Hall–Kier alpha value is -1.26. The predicted octanol–water partition coefficient (Wildman–Crippen LogP) is 2.75. The van der Waals surface area contributed by atoms with Crippen LogP contribution in [0.15, 0.2) is 18.2 Å². The molecule has 0 radical (unpaired) electrons. The lowest BCUT2D eigenvalue weighted by atomic mass is 9.81. The van der Waals surface area contributed by atoms with Gasteiger partial charge in [-0.15, -0.1) is 0 Å². The van der Waals surface area contributed by atoms with Crippen molar-refractivity contribution >= 4 is 0 Å². The van der Waals surface area contributed by atoms with Crippen LogP contribution in [0, 0.1) is 0 Å². The maximum Gasteiger partial charge on any atom is 0.126 e. The molecule has 2 aliphatic heterocycles. The van der Waals surface area contributed by atoms with Crippen LogP contribution in [0.4, 0.5) is 0 Å². The van der Waals surface area contributed by atoms with Crippen molar-refractivity contribution in [3.63, 3.8) is 0 Å². The predicted molar refractivity (Wildman–Crippen MR) is 81.9 cm³/mol. The zero-order chi connectivity index (χ0) is 15.0. The molecule has 0 bridgehead atoms. The number of methoxy groups -OCH3 is 1. The average molecular weight is 291 g/mol. The van der Waals surface area contributed by atoms with E-state index in [2.05, 4.69) is 18.7 Å². The molecule has 21 heavy (non-hydrogen) atoms. The van der Waals surface area contributed by atoms with Gasteiger partial charge in [-0.05, 0) is 44.9 Å². The molecule has 2 aliphatic rings. The lowest BCUT2D eigenvalue weighted by Crippen LogP contribution is -2.51. The van der Waals surface area contributed by atoms with Crippen molar-refractivity contribution in [1.29, 1.82) is 0 Å². The zero-order valence-corrected chi connectivity index (χ0v) is 13.1. The molecule has 1 saturated heterocycles. The molecule has 1 spiro atoms. The Morgan fingerprint density at radius 1 is 1.33 bits per heavy atom. The number of nitrogens with zero attached hydrogens (tertiary/aromatic N) is 1. The largest absolute Gasteiger partial charge is 0.497 e. The van der Waals surface area contributed by atoms with Crippen LogP contribution in [0.25, 0.3) is 0 Å². The van der Waals surface area contributed by atoms with Crippen LogP contribution in [-0.2, 0) is 0 Å². The van der Waals surface area contributed by atoms with Gasteiger partial charge in [0.15, 0.2) is 0 Å². The van der Waals surface area contributed by atoms with E-state index >= 15 is 0 Å². The van der Waals surface area contributed by atoms with Gasteiger partial charge >= 0.3 is 0 Å². The molecule has 0 amide bonds. The lowest BCUT2D eigenvalue weighted by molar-refractivity contribution is -0.0580. The number of hydrogen-bond donors (Lipinski definition) is 1.